The zero-order chi connectivity index (χ0) is 24.7. The Bertz CT molecular complexity index is 1340. The molecule has 0 radical (unpaired) electrons. The van der Waals surface area contributed by atoms with E-state index in [4.69, 9.17) is 0 Å². The number of carbonyl (C=O) groups excluding carboxylic acids is 1. The van der Waals surface area contributed by atoms with E-state index in [1.54, 1.807) is 24.5 Å². The Morgan fingerprint density at radius 2 is 1.97 bits per heavy atom. The number of halogens is 6. The molecule has 0 aromatic carbocycles. The maximum atomic E-state index is 12.8. The lowest BCUT2D eigenvalue weighted by Gasteiger charge is -2.16. The molecule has 1 atom stereocenters. The van der Waals surface area contributed by atoms with Gasteiger partial charge in [0.1, 0.15) is 11.7 Å². The molecule has 0 saturated carbocycles. The highest BCUT2D eigenvalue weighted by molar-refractivity contribution is 6.02. The molecule has 0 spiro atoms. The third kappa shape index (κ3) is 4.89. The van der Waals surface area contributed by atoms with Crippen LogP contribution in [-0.2, 0) is 0 Å². The Morgan fingerprint density at radius 1 is 1.21 bits per heavy atom. The molecule has 3 N–H and O–H groups in total. The number of fused-ring (bicyclic) bond motifs is 2. The summed E-state index contributed by atoms with van der Waals surface area (Å²) in [7, 11) is 0. The van der Waals surface area contributed by atoms with Crippen LogP contribution in [0.3, 0.4) is 0 Å². The zero-order valence-electron chi connectivity index (χ0n) is 17.4. The first-order valence-electron chi connectivity index (χ1n) is 9.92. The van der Waals surface area contributed by atoms with E-state index in [0.717, 1.165) is 6.92 Å². The predicted octanol–water partition coefficient (Wildman–Crippen LogP) is 4.32. The summed E-state index contributed by atoms with van der Waals surface area (Å²) < 4.78 is 76.7. The fraction of sp³-hybridized carbons (Fsp3) is 0.300. The van der Waals surface area contributed by atoms with Gasteiger partial charge < -0.3 is 15.6 Å². The molecule has 1 amide bonds. The lowest BCUT2D eigenvalue weighted by atomic mass is 10.1. The molecule has 0 aliphatic rings. The number of H-pyrrole nitrogens is 1. The number of nitrogens with zero attached hydrogens (tertiary/aromatic N) is 4. The lowest BCUT2D eigenvalue weighted by molar-refractivity contribution is -0.149. The summed E-state index contributed by atoms with van der Waals surface area (Å²) in [6.07, 6.45) is -4.17. The molecular formula is C20H17F6N7O. The molecule has 34 heavy (non-hydrogen) atoms. The van der Waals surface area contributed by atoms with Gasteiger partial charge in [0.25, 0.3) is 5.91 Å². The molecule has 0 saturated heterocycles. The van der Waals surface area contributed by atoms with Crippen LogP contribution in [-0.4, -0.2) is 55.4 Å². The molecule has 0 bridgehead atoms. The second kappa shape index (κ2) is 8.50. The first-order chi connectivity index (χ1) is 15.9. The second-order valence-corrected chi connectivity index (χ2v) is 7.49. The first-order valence-corrected chi connectivity index (χ1v) is 9.92. The van der Waals surface area contributed by atoms with E-state index in [1.165, 1.54) is 16.9 Å². The van der Waals surface area contributed by atoms with Crippen molar-refractivity contribution >= 4 is 28.4 Å². The van der Waals surface area contributed by atoms with Crippen LogP contribution in [0.1, 0.15) is 23.7 Å². The highest BCUT2D eigenvalue weighted by atomic mass is 19.4. The minimum atomic E-state index is -4.59. The molecule has 4 rings (SSSR count). The molecule has 4 heterocycles. The quantitative estimate of drug-likeness (QED) is 0.354. The van der Waals surface area contributed by atoms with E-state index in [0.29, 0.717) is 22.2 Å². The summed E-state index contributed by atoms with van der Waals surface area (Å²) in [5, 5.41) is 8.98. The molecule has 8 nitrogen and oxygen atoms in total. The summed E-state index contributed by atoms with van der Waals surface area (Å²) in [6, 6.07) is 1.22. The SMILES string of the molecule is C[C@@H](NC(=O)c1cnn2ccc(-c3c[nH]c4nc(NCCC(F)(F)F)ncc34)cc12)C(F)(F)F. The van der Waals surface area contributed by atoms with E-state index < -0.39 is 30.7 Å². The van der Waals surface area contributed by atoms with Gasteiger partial charge in [-0.15, -0.1) is 0 Å². The van der Waals surface area contributed by atoms with Crippen molar-refractivity contribution in [3.05, 3.63) is 42.5 Å². The highest BCUT2D eigenvalue weighted by Gasteiger charge is 2.37. The van der Waals surface area contributed by atoms with Gasteiger partial charge in [-0.3, -0.25) is 4.79 Å². The van der Waals surface area contributed by atoms with Gasteiger partial charge in [0.05, 0.1) is 23.7 Å². The number of aromatic nitrogens is 5. The largest absolute Gasteiger partial charge is 0.408 e. The van der Waals surface area contributed by atoms with Crippen molar-refractivity contribution in [1.82, 2.24) is 29.9 Å². The maximum absolute atomic E-state index is 12.8. The van der Waals surface area contributed by atoms with Gasteiger partial charge in [0.15, 0.2) is 0 Å². The molecule has 4 aromatic heterocycles. The Hall–Kier alpha value is -3.84. The first kappa shape index (κ1) is 23.3. The van der Waals surface area contributed by atoms with Gasteiger partial charge in [-0.05, 0) is 24.6 Å². The highest BCUT2D eigenvalue weighted by Crippen LogP contribution is 2.30. The monoisotopic (exact) mass is 485 g/mol. The summed E-state index contributed by atoms with van der Waals surface area (Å²) in [4.78, 5) is 23.5. The van der Waals surface area contributed by atoms with Gasteiger partial charge in [-0.2, -0.15) is 36.4 Å². The van der Waals surface area contributed by atoms with Crippen LogP contribution in [0.5, 0.6) is 0 Å². The van der Waals surface area contributed by atoms with Crippen molar-refractivity contribution in [2.75, 3.05) is 11.9 Å². The van der Waals surface area contributed by atoms with Crippen molar-refractivity contribution in [2.24, 2.45) is 0 Å². The lowest BCUT2D eigenvalue weighted by Crippen LogP contribution is -2.43. The number of rotatable bonds is 6. The van der Waals surface area contributed by atoms with Crippen molar-refractivity contribution in [3.63, 3.8) is 0 Å². The number of alkyl halides is 6. The second-order valence-electron chi connectivity index (χ2n) is 7.49. The topological polar surface area (TPSA) is 100 Å². The molecular weight excluding hydrogens is 468 g/mol. The molecule has 0 aliphatic heterocycles. The van der Waals surface area contributed by atoms with Crippen molar-refractivity contribution < 1.29 is 31.1 Å². The third-order valence-electron chi connectivity index (χ3n) is 5.04. The Morgan fingerprint density at radius 3 is 2.68 bits per heavy atom. The average molecular weight is 485 g/mol. The van der Waals surface area contributed by atoms with Crippen LogP contribution in [0.25, 0.3) is 27.7 Å². The Kier molecular flexibility index (Phi) is 5.83. The van der Waals surface area contributed by atoms with Crippen molar-refractivity contribution in [3.8, 4) is 11.1 Å². The van der Waals surface area contributed by atoms with E-state index in [1.807, 2.05) is 5.32 Å². The molecule has 0 unspecified atom stereocenters. The minimum absolute atomic E-state index is 0.0223. The van der Waals surface area contributed by atoms with Crippen LogP contribution < -0.4 is 10.6 Å². The standard InChI is InChI=1S/C20H17F6N7O/c1-10(20(24,25)26)31-17(34)14-9-30-33-5-2-11(6-15(14)33)12-7-28-16-13(12)8-29-18(32-16)27-4-3-19(21,22)23/h2,5-10H,3-4H2,1H3,(H,31,34)(H2,27,28,29,32)/t10-/m1/s1. The average Bonchev–Trinajstić information content (AvgIpc) is 3.35. The van der Waals surface area contributed by atoms with E-state index in [-0.39, 0.29) is 23.6 Å². The molecule has 4 aromatic rings. The van der Waals surface area contributed by atoms with Crippen LogP contribution in [0.15, 0.2) is 36.9 Å². The smallest absolute Gasteiger partial charge is 0.354 e. The number of nitrogens with one attached hydrogen (secondary N) is 3. The summed E-state index contributed by atoms with van der Waals surface area (Å²) in [5.41, 5.74) is 1.83. The number of carbonyl (C=O) groups is 1. The normalized spacial score (nSPS) is 13.4. The maximum Gasteiger partial charge on any atom is 0.408 e. The number of anilines is 1. The van der Waals surface area contributed by atoms with Crippen LogP contribution in [0.4, 0.5) is 32.3 Å². The van der Waals surface area contributed by atoms with Gasteiger partial charge in [0, 0.05) is 36.1 Å². The Balaban J connectivity index is 1.60. The van der Waals surface area contributed by atoms with Crippen LogP contribution in [0.2, 0.25) is 0 Å². The summed E-state index contributed by atoms with van der Waals surface area (Å²) in [6.45, 7) is 0.464. The number of hydrogen-bond acceptors (Lipinski definition) is 5. The number of hydrogen-bond donors (Lipinski definition) is 3. The van der Waals surface area contributed by atoms with Gasteiger partial charge in [0.2, 0.25) is 5.95 Å². The van der Waals surface area contributed by atoms with E-state index >= 15 is 0 Å². The summed E-state index contributed by atoms with van der Waals surface area (Å²) in [5.74, 6) is -0.900. The number of aromatic amines is 1. The molecule has 0 aliphatic carbocycles. The fourth-order valence-corrected chi connectivity index (χ4v) is 3.23. The molecule has 180 valence electrons. The van der Waals surface area contributed by atoms with Gasteiger partial charge in [-0.25, -0.2) is 9.50 Å². The van der Waals surface area contributed by atoms with Crippen molar-refractivity contribution in [2.45, 2.75) is 31.7 Å². The predicted molar refractivity (Wildman–Crippen MR) is 110 cm³/mol. The van der Waals surface area contributed by atoms with E-state index in [2.05, 4.69) is 25.4 Å². The minimum Gasteiger partial charge on any atom is -0.354 e. The van der Waals surface area contributed by atoms with Crippen molar-refractivity contribution in [1.29, 1.82) is 0 Å². The van der Waals surface area contributed by atoms with Crippen LogP contribution in [0, 0.1) is 0 Å². The number of pyridine rings is 1. The van der Waals surface area contributed by atoms with Gasteiger partial charge in [-0.1, -0.05) is 0 Å². The van der Waals surface area contributed by atoms with Crippen LogP contribution >= 0.6 is 0 Å². The van der Waals surface area contributed by atoms with Gasteiger partial charge >= 0.3 is 12.4 Å². The Labute approximate surface area is 187 Å². The summed E-state index contributed by atoms with van der Waals surface area (Å²) >= 11 is 0. The van der Waals surface area contributed by atoms with E-state index in [9.17, 15) is 31.1 Å². The molecule has 14 heteroatoms. The number of amides is 1. The fourth-order valence-electron chi connectivity index (χ4n) is 3.23. The third-order valence-corrected chi connectivity index (χ3v) is 5.04. The molecule has 0 fully saturated rings. The zero-order valence-corrected chi connectivity index (χ0v) is 17.4.